The number of amides is 4. The van der Waals surface area contributed by atoms with E-state index >= 15 is 0 Å². The van der Waals surface area contributed by atoms with Crippen LogP contribution in [0.3, 0.4) is 0 Å². The van der Waals surface area contributed by atoms with Crippen molar-refractivity contribution in [2.24, 2.45) is 5.92 Å². The molecule has 1 aromatic carbocycles. The topological polar surface area (TPSA) is 73.5 Å². The highest BCUT2D eigenvalue weighted by molar-refractivity contribution is 5.74. The molecule has 29 heavy (non-hydrogen) atoms. The van der Waals surface area contributed by atoms with E-state index in [-0.39, 0.29) is 12.1 Å². The van der Waals surface area contributed by atoms with Gasteiger partial charge in [-0.25, -0.2) is 9.59 Å². The van der Waals surface area contributed by atoms with Crippen molar-refractivity contribution in [3.8, 4) is 0 Å². The lowest BCUT2D eigenvalue weighted by Crippen LogP contribution is -2.48. The third-order valence-corrected chi connectivity index (χ3v) is 6.25. The van der Waals surface area contributed by atoms with Gasteiger partial charge in [-0.05, 0) is 50.5 Å². The highest BCUT2D eigenvalue weighted by Crippen LogP contribution is 2.21. The predicted octanol–water partition coefficient (Wildman–Crippen LogP) is 3.94. The van der Waals surface area contributed by atoms with Crippen molar-refractivity contribution in [2.45, 2.75) is 70.9 Å². The molecule has 0 spiro atoms. The van der Waals surface area contributed by atoms with Crippen LogP contribution < -0.4 is 16.0 Å². The van der Waals surface area contributed by atoms with E-state index in [9.17, 15) is 9.59 Å². The summed E-state index contributed by atoms with van der Waals surface area (Å²) in [5, 5.41) is 9.08. The molecule has 160 valence electrons. The van der Waals surface area contributed by atoms with Gasteiger partial charge in [0.2, 0.25) is 0 Å². The number of nitrogens with one attached hydrogen (secondary N) is 3. The van der Waals surface area contributed by atoms with Crippen LogP contribution in [0.1, 0.15) is 62.5 Å². The van der Waals surface area contributed by atoms with E-state index in [4.69, 9.17) is 0 Å². The first-order valence-corrected chi connectivity index (χ1v) is 11.2. The van der Waals surface area contributed by atoms with Gasteiger partial charge in [-0.15, -0.1) is 0 Å². The fourth-order valence-electron chi connectivity index (χ4n) is 4.28. The Morgan fingerprint density at radius 1 is 0.966 bits per heavy atom. The Bertz CT molecular complexity index is 647. The molecule has 1 saturated carbocycles. The summed E-state index contributed by atoms with van der Waals surface area (Å²) in [6.45, 7) is 4.92. The number of piperidine rings is 1. The van der Waals surface area contributed by atoms with Gasteiger partial charge in [0.25, 0.3) is 0 Å². The molecule has 0 bridgehead atoms. The molecule has 2 fully saturated rings. The molecule has 3 N–H and O–H groups in total. The Balaban J connectivity index is 1.26. The van der Waals surface area contributed by atoms with Gasteiger partial charge in [0.1, 0.15) is 0 Å². The van der Waals surface area contributed by atoms with Gasteiger partial charge >= 0.3 is 12.1 Å². The summed E-state index contributed by atoms with van der Waals surface area (Å²) in [6.07, 6.45) is 9.03. The molecule has 1 saturated heterocycles. The van der Waals surface area contributed by atoms with Gasteiger partial charge < -0.3 is 20.9 Å². The number of carbonyl (C=O) groups is 2. The summed E-state index contributed by atoms with van der Waals surface area (Å²) in [5.41, 5.74) is 2.32. The maximum Gasteiger partial charge on any atom is 0.317 e. The molecule has 0 unspecified atom stereocenters. The van der Waals surface area contributed by atoms with Crippen molar-refractivity contribution in [3.63, 3.8) is 0 Å². The zero-order valence-corrected chi connectivity index (χ0v) is 17.7. The second-order valence-corrected chi connectivity index (χ2v) is 8.60. The summed E-state index contributed by atoms with van der Waals surface area (Å²) in [7, 11) is 0. The fraction of sp³-hybridized carbons (Fsp3) is 0.652. The molecular formula is C23H36N4O2. The molecule has 3 rings (SSSR count). The van der Waals surface area contributed by atoms with Crippen molar-refractivity contribution in [1.29, 1.82) is 0 Å². The maximum atomic E-state index is 12.4. The van der Waals surface area contributed by atoms with Gasteiger partial charge in [-0.2, -0.15) is 0 Å². The Kier molecular flexibility index (Phi) is 8.20. The first kappa shape index (κ1) is 21.5. The second kappa shape index (κ2) is 11.1. The van der Waals surface area contributed by atoms with Gasteiger partial charge in [-0.1, -0.05) is 49.1 Å². The van der Waals surface area contributed by atoms with E-state index in [1.807, 2.05) is 17.0 Å². The predicted molar refractivity (Wildman–Crippen MR) is 116 cm³/mol. The third-order valence-electron chi connectivity index (χ3n) is 6.25. The van der Waals surface area contributed by atoms with Crippen LogP contribution in [0.2, 0.25) is 0 Å². The highest BCUT2D eigenvalue weighted by atomic mass is 16.2. The Morgan fingerprint density at radius 3 is 2.34 bits per heavy atom. The van der Waals surface area contributed by atoms with Crippen molar-refractivity contribution >= 4 is 12.1 Å². The first-order chi connectivity index (χ1) is 14.1. The van der Waals surface area contributed by atoms with Crippen molar-refractivity contribution in [1.82, 2.24) is 20.9 Å². The van der Waals surface area contributed by atoms with Gasteiger partial charge in [-0.3, -0.25) is 0 Å². The van der Waals surface area contributed by atoms with E-state index in [2.05, 4.69) is 35.0 Å². The molecule has 1 aromatic rings. The minimum atomic E-state index is -0.116. The molecule has 6 heteroatoms. The number of carbonyl (C=O) groups excluding carboxylic acids is 2. The van der Waals surface area contributed by atoms with Crippen molar-refractivity contribution in [3.05, 3.63) is 35.4 Å². The van der Waals surface area contributed by atoms with Gasteiger partial charge in [0.05, 0.1) is 0 Å². The Labute approximate surface area is 174 Å². The lowest BCUT2D eigenvalue weighted by Gasteiger charge is -2.34. The maximum absolute atomic E-state index is 12.4. The zero-order valence-electron chi connectivity index (χ0n) is 17.7. The van der Waals surface area contributed by atoms with E-state index in [1.165, 1.54) is 24.8 Å². The number of urea groups is 2. The Hall–Kier alpha value is -2.24. The monoisotopic (exact) mass is 400 g/mol. The minimum absolute atomic E-state index is 0.115. The zero-order chi connectivity index (χ0) is 20.5. The number of aryl methyl sites for hydroxylation is 1. The lowest BCUT2D eigenvalue weighted by atomic mass is 9.93. The van der Waals surface area contributed by atoms with Crippen molar-refractivity contribution < 1.29 is 9.59 Å². The normalized spacial score (nSPS) is 18.3. The van der Waals surface area contributed by atoms with Crippen LogP contribution in [0.4, 0.5) is 9.59 Å². The molecule has 2 aliphatic rings. The Morgan fingerprint density at radius 2 is 1.66 bits per heavy atom. The number of hydrogen-bond donors (Lipinski definition) is 3. The van der Waals surface area contributed by atoms with E-state index in [0.717, 1.165) is 50.8 Å². The van der Waals surface area contributed by atoms with Crippen LogP contribution in [0.25, 0.3) is 0 Å². The largest absolute Gasteiger partial charge is 0.338 e. The second-order valence-electron chi connectivity index (χ2n) is 8.60. The molecule has 0 atom stereocenters. The smallest absolute Gasteiger partial charge is 0.317 e. The van der Waals surface area contributed by atoms with Crippen LogP contribution >= 0.6 is 0 Å². The number of hydrogen-bond acceptors (Lipinski definition) is 2. The number of likely N-dealkylation sites (tertiary alicyclic amines) is 1. The summed E-state index contributed by atoms with van der Waals surface area (Å²) in [5.74, 6) is 0.575. The van der Waals surface area contributed by atoms with E-state index in [1.54, 1.807) is 0 Å². The molecule has 6 nitrogen and oxygen atoms in total. The summed E-state index contributed by atoms with van der Waals surface area (Å²) in [6, 6.07) is 8.55. The number of nitrogens with zero attached hydrogens (tertiary/aromatic N) is 1. The van der Waals surface area contributed by atoms with E-state index < -0.39 is 0 Å². The molecule has 0 radical (unpaired) electrons. The minimum Gasteiger partial charge on any atom is -0.338 e. The molecule has 1 aliphatic carbocycles. The van der Waals surface area contributed by atoms with Gasteiger partial charge in [0, 0.05) is 32.2 Å². The van der Waals surface area contributed by atoms with Crippen LogP contribution in [-0.2, 0) is 6.54 Å². The van der Waals surface area contributed by atoms with Crippen LogP contribution in [-0.4, -0.2) is 42.6 Å². The average Bonchev–Trinajstić information content (AvgIpc) is 2.74. The molecule has 1 heterocycles. The quantitative estimate of drug-likeness (QED) is 0.677. The van der Waals surface area contributed by atoms with Gasteiger partial charge in [0.15, 0.2) is 0 Å². The molecule has 1 aliphatic heterocycles. The highest BCUT2D eigenvalue weighted by Gasteiger charge is 2.24. The first-order valence-electron chi connectivity index (χ1n) is 11.2. The van der Waals surface area contributed by atoms with Crippen LogP contribution in [0, 0.1) is 12.8 Å². The summed E-state index contributed by atoms with van der Waals surface area (Å²) < 4.78 is 0. The van der Waals surface area contributed by atoms with Crippen LogP contribution in [0.5, 0.6) is 0 Å². The molecular weight excluding hydrogens is 364 g/mol. The standard InChI is InChI=1S/C23H36N4O2/c1-18-7-9-20(10-8-18)17-25-22(28)24-14-11-19-12-15-27(16-13-19)23(29)26-21-5-3-2-4-6-21/h7-10,19,21H,2-6,11-17H2,1H3,(H,26,29)(H2,24,25,28). The molecule has 4 amide bonds. The third kappa shape index (κ3) is 7.26. The van der Waals surface area contributed by atoms with Crippen LogP contribution in [0.15, 0.2) is 24.3 Å². The van der Waals surface area contributed by atoms with Crippen molar-refractivity contribution in [2.75, 3.05) is 19.6 Å². The summed E-state index contributed by atoms with van der Waals surface area (Å²) >= 11 is 0. The molecule has 0 aromatic heterocycles. The lowest BCUT2D eigenvalue weighted by molar-refractivity contribution is 0.162. The number of benzene rings is 1. The van der Waals surface area contributed by atoms with E-state index in [0.29, 0.717) is 25.0 Å². The fourth-order valence-corrected chi connectivity index (χ4v) is 4.28. The number of rotatable bonds is 6. The average molecular weight is 401 g/mol. The summed E-state index contributed by atoms with van der Waals surface area (Å²) in [4.78, 5) is 26.4. The SMILES string of the molecule is Cc1ccc(CNC(=O)NCCC2CCN(C(=O)NC3CCCCC3)CC2)cc1.